The van der Waals surface area contributed by atoms with Gasteiger partial charge in [-0.15, -0.1) is 0 Å². The van der Waals surface area contributed by atoms with Gasteiger partial charge in [-0.25, -0.2) is 9.97 Å². The Morgan fingerprint density at radius 3 is 2.68 bits per heavy atom. The number of benzene rings is 1. The molecular weight excluding hydrogens is 274 g/mol. The summed E-state index contributed by atoms with van der Waals surface area (Å²) in [5, 5.41) is 3.29. The summed E-state index contributed by atoms with van der Waals surface area (Å²) >= 11 is 0. The van der Waals surface area contributed by atoms with Gasteiger partial charge in [0.1, 0.15) is 18.0 Å². The minimum absolute atomic E-state index is 0.680. The van der Waals surface area contributed by atoms with Gasteiger partial charge in [-0.2, -0.15) is 0 Å². The van der Waals surface area contributed by atoms with Gasteiger partial charge >= 0.3 is 0 Å². The van der Waals surface area contributed by atoms with Crippen molar-refractivity contribution in [3.63, 3.8) is 0 Å². The first kappa shape index (κ1) is 14.0. The molecule has 0 atom stereocenters. The smallest absolute Gasteiger partial charge is 0.138 e. The molecule has 1 N–H and O–H groups in total. The van der Waals surface area contributed by atoms with Crippen LogP contribution in [0.4, 0.5) is 17.3 Å². The van der Waals surface area contributed by atoms with E-state index < -0.39 is 0 Å². The maximum atomic E-state index is 4.33. The van der Waals surface area contributed by atoms with Crippen LogP contribution in [0.2, 0.25) is 0 Å². The second kappa shape index (κ2) is 6.67. The molecule has 5 heteroatoms. The number of nitrogens with one attached hydrogen (secondary N) is 1. The maximum Gasteiger partial charge on any atom is 0.138 e. The van der Waals surface area contributed by atoms with Gasteiger partial charge in [0, 0.05) is 37.7 Å². The average Bonchev–Trinajstić information content (AvgIpc) is 2.61. The molecule has 0 aliphatic carbocycles. The molecule has 0 radical (unpaired) electrons. The third-order valence-corrected chi connectivity index (χ3v) is 3.34. The first-order chi connectivity index (χ1) is 10.8. The number of pyridine rings is 1. The molecule has 0 amide bonds. The molecule has 2 aromatic heterocycles. The van der Waals surface area contributed by atoms with E-state index in [1.165, 1.54) is 0 Å². The van der Waals surface area contributed by atoms with E-state index in [4.69, 9.17) is 0 Å². The predicted molar refractivity (Wildman–Crippen MR) is 88.1 cm³/mol. The van der Waals surface area contributed by atoms with E-state index in [2.05, 4.69) is 20.3 Å². The molecule has 5 nitrogen and oxygen atoms in total. The molecule has 22 heavy (non-hydrogen) atoms. The Balaban J connectivity index is 1.72. The second-order valence-corrected chi connectivity index (χ2v) is 4.87. The molecule has 3 aromatic rings. The number of hydrogen-bond donors (Lipinski definition) is 1. The van der Waals surface area contributed by atoms with Crippen molar-refractivity contribution >= 4 is 17.3 Å². The lowest BCUT2D eigenvalue weighted by atomic mass is 10.3. The second-order valence-electron chi connectivity index (χ2n) is 4.87. The van der Waals surface area contributed by atoms with Crippen molar-refractivity contribution in [3.8, 4) is 0 Å². The first-order valence-corrected chi connectivity index (χ1v) is 7.06. The Kier molecular flexibility index (Phi) is 4.25. The Bertz CT molecular complexity index is 715. The molecule has 2 heterocycles. The fourth-order valence-corrected chi connectivity index (χ4v) is 2.11. The van der Waals surface area contributed by atoms with E-state index in [0.717, 1.165) is 22.9 Å². The summed E-state index contributed by atoms with van der Waals surface area (Å²) in [6.07, 6.45) is 5.17. The van der Waals surface area contributed by atoms with E-state index in [1.807, 2.05) is 66.7 Å². The van der Waals surface area contributed by atoms with Crippen LogP contribution in [0, 0.1) is 0 Å². The molecule has 0 saturated carbocycles. The van der Waals surface area contributed by atoms with Crippen LogP contribution in [-0.2, 0) is 6.54 Å². The van der Waals surface area contributed by atoms with Crippen LogP contribution in [-0.4, -0.2) is 22.0 Å². The molecule has 110 valence electrons. The fourth-order valence-electron chi connectivity index (χ4n) is 2.11. The Morgan fingerprint density at radius 2 is 1.91 bits per heavy atom. The van der Waals surface area contributed by atoms with Crippen LogP contribution in [0.25, 0.3) is 0 Å². The van der Waals surface area contributed by atoms with Gasteiger partial charge in [0.25, 0.3) is 0 Å². The Morgan fingerprint density at radius 1 is 1.05 bits per heavy atom. The van der Waals surface area contributed by atoms with Crippen molar-refractivity contribution in [2.24, 2.45) is 0 Å². The lowest BCUT2D eigenvalue weighted by Crippen LogP contribution is -2.12. The Labute approximate surface area is 129 Å². The first-order valence-electron chi connectivity index (χ1n) is 7.06. The highest BCUT2D eigenvalue weighted by Crippen LogP contribution is 2.22. The highest BCUT2D eigenvalue weighted by Gasteiger charge is 2.06. The molecule has 0 aliphatic heterocycles. The predicted octanol–water partition coefficient (Wildman–Crippen LogP) is 3.25. The summed E-state index contributed by atoms with van der Waals surface area (Å²) < 4.78 is 0. The van der Waals surface area contributed by atoms with E-state index >= 15 is 0 Å². The zero-order chi connectivity index (χ0) is 15.2. The summed E-state index contributed by atoms with van der Waals surface area (Å²) in [6.45, 7) is 0.680. The third kappa shape index (κ3) is 3.38. The van der Waals surface area contributed by atoms with Crippen LogP contribution in [0.15, 0.2) is 67.3 Å². The number of hydrogen-bond acceptors (Lipinski definition) is 5. The van der Waals surface area contributed by atoms with E-state index in [9.17, 15) is 0 Å². The topological polar surface area (TPSA) is 53.9 Å². The third-order valence-electron chi connectivity index (χ3n) is 3.34. The Hall–Kier alpha value is -2.95. The summed E-state index contributed by atoms with van der Waals surface area (Å²) in [5.74, 6) is 1.63. The number of rotatable bonds is 5. The zero-order valence-electron chi connectivity index (χ0n) is 12.3. The summed E-state index contributed by atoms with van der Waals surface area (Å²) in [7, 11) is 1.99. The summed E-state index contributed by atoms with van der Waals surface area (Å²) in [5.41, 5.74) is 2.19. The van der Waals surface area contributed by atoms with Gasteiger partial charge < -0.3 is 10.2 Å². The lowest BCUT2D eigenvalue weighted by molar-refractivity contribution is 1.04. The number of anilines is 3. The minimum atomic E-state index is 0.680. The quantitative estimate of drug-likeness (QED) is 0.782. The normalized spacial score (nSPS) is 10.2. The van der Waals surface area contributed by atoms with Crippen molar-refractivity contribution in [2.45, 2.75) is 6.54 Å². The van der Waals surface area contributed by atoms with Crippen molar-refractivity contribution in [1.82, 2.24) is 15.0 Å². The van der Waals surface area contributed by atoms with Gasteiger partial charge in [0.15, 0.2) is 0 Å². The molecular formula is C17H17N5. The molecule has 0 bridgehead atoms. The average molecular weight is 291 g/mol. The highest BCUT2D eigenvalue weighted by atomic mass is 15.2. The van der Waals surface area contributed by atoms with Crippen molar-refractivity contribution in [3.05, 3.63) is 72.8 Å². The SMILES string of the molecule is CN(c1ccccc1)c1cc(NCc2cccnc2)ncn1. The van der Waals surface area contributed by atoms with Crippen LogP contribution in [0.5, 0.6) is 0 Å². The molecule has 3 rings (SSSR count). The number of para-hydroxylation sites is 1. The van der Waals surface area contributed by atoms with E-state index in [1.54, 1.807) is 12.5 Å². The van der Waals surface area contributed by atoms with E-state index in [-0.39, 0.29) is 0 Å². The molecule has 1 aromatic carbocycles. The largest absolute Gasteiger partial charge is 0.366 e. The number of nitrogens with zero attached hydrogens (tertiary/aromatic N) is 4. The van der Waals surface area contributed by atoms with Gasteiger partial charge in [0.2, 0.25) is 0 Å². The molecule has 0 saturated heterocycles. The zero-order valence-corrected chi connectivity index (χ0v) is 12.3. The van der Waals surface area contributed by atoms with Crippen LogP contribution in [0.3, 0.4) is 0 Å². The molecule has 0 unspecified atom stereocenters. The fraction of sp³-hybridized carbons (Fsp3) is 0.118. The van der Waals surface area contributed by atoms with Crippen molar-refractivity contribution in [2.75, 3.05) is 17.3 Å². The molecule has 0 spiro atoms. The van der Waals surface area contributed by atoms with Gasteiger partial charge in [-0.05, 0) is 23.8 Å². The maximum absolute atomic E-state index is 4.33. The minimum Gasteiger partial charge on any atom is -0.366 e. The van der Waals surface area contributed by atoms with Gasteiger partial charge in [-0.1, -0.05) is 24.3 Å². The van der Waals surface area contributed by atoms with E-state index in [0.29, 0.717) is 6.54 Å². The number of aromatic nitrogens is 3. The highest BCUT2D eigenvalue weighted by molar-refractivity contribution is 5.61. The summed E-state index contributed by atoms with van der Waals surface area (Å²) in [4.78, 5) is 14.7. The summed E-state index contributed by atoms with van der Waals surface area (Å²) in [6, 6.07) is 16.0. The van der Waals surface area contributed by atoms with Crippen molar-refractivity contribution < 1.29 is 0 Å². The lowest BCUT2D eigenvalue weighted by Gasteiger charge is -2.18. The van der Waals surface area contributed by atoms with Crippen LogP contribution >= 0.6 is 0 Å². The monoisotopic (exact) mass is 291 g/mol. The molecule has 0 fully saturated rings. The van der Waals surface area contributed by atoms with Crippen LogP contribution in [0.1, 0.15) is 5.56 Å². The van der Waals surface area contributed by atoms with Crippen LogP contribution < -0.4 is 10.2 Å². The van der Waals surface area contributed by atoms with Gasteiger partial charge in [-0.3, -0.25) is 4.98 Å². The van der Waals surface area contributed by atoms with Gasteiger partial charge in [0.05, 0.1) is 0 Å². The standard InChI is InChI=1S/C17H17N5/c1-22(15-7-3-2-4-8-15)17-10-16(20-13-21-17)19-12-14-6-5-9-18-11-14/h2-11,13H,12H2,1H3,(H,19,20,21). The van der Waals surface area contributed by atoms with Crippen molar-refractivity contribution in [1.29, 1.82) is 0 Å². The molecule has 0 aliphatic rings.